The van der Waals surface area contributed by atoms with Gasteiger partial charge >= 0.3 is 0 Å². The number of nitrogens with one attached hydrogen (secondary N) is 1. The molecule has 1 unspecified atom stereocenters. The molecule has 4 heteroatoms. The van der Waals surface area contributed by atoms with E-state index in [1.54, 1.807) is 0 Å². The molecule has 20 heavy (non-hydrogen) atoms. The van der Waals surface area contributed by atoms with Crippen molar-refractivity contribution in [2.45, 2.75) is 19.3 Å². The van der Waals surface area contributed by atoms with E-state index in [0.29, 0.717) is 13.2 Å². The first-order valence-electron chi connectivity index (χ1n) is 7.66. The molecule has 2 heterocycles. The Labute approximate surface area is 121 Å². The maximum absolute atomic E-state index is 5.67. The minimum Gasteiger partial charge on any atom is -0.486 e. The Kier molecular flexibility index (Phi) is 4.31. The van der Waals surface area contributed by atoms with E-state index in [9.17, 15) is 0 Å². The molecular formula is C16H24N2O2. The maximum Gasteiger partial charge on any atom is 0.163 e. The van der Waals surface area contributed by atoms with Gasteiger partial charge in [-0.2, -0.15) is 0 Å². The van der Waals surface area contributed by atoms with Crippen LogP contribution in [0.3, 0.4) is 0 Å². The van der Waals surface area contributed by atoms with Crippen molar-refractivity contribution in [1.29, 1.82) is 0 Å². The fourth-order valence-corrected chi connectivity index (χ4v) is 3.10. The van der Waals surface area contributed by atoms with Gasteiger partial charge in [0.05, 0.1) is 0 Å². The van der Waals surface area contributed by atoms with Crippen LogP contribution in [0.25, 0.3) is 0 Å². The molecule has 1 atom stereocenters. The summed E-state index contributed by atoms with van der Waals surface area (Å²) in [4.78, 5) is 2.47. The zero-order chi connectivity index (χ0) is 13.8. The Morgan fingerprint density at radius 1 is 1.25 bits per heavy atom. The second-order valence-corrected chi connectivity index (χ2v) is 5.67. The van der Waals surface area contributed by atoms with Crippen LogP contribution >= 0.6 is 0 Å². The molecule has 1 saturated heterocycles. The lowest BCUT2D eigenvalue weighted by molar-refractivity contribution is 0.171. The van der Waals surface area contributed by atoms with Crippen LogP contribution in [0, 0.1) is 5.92 Å². The minimum atomic E-state index is 0.656. The first kappa shape index (κ1) is 13.6. The molecule has 0 radical (unpaired) electrons. The molecule has 3 rings (SSSR count). The molecule has 4 nitrogen and oxygen atoms in total. The zero-order valence-corrected chi connectivity index (χ0v) is 12.2. The maximum atomic E-state index is 5.67. The van der Waals surface area contributed by atoms with E-state index in [-0.39, 0.29) is 0 Å². The number of rotatable bonds is 5. The van der Waals surface area contributed by atoms with Crippen LogP contribution in [0.15, 0.2) is 18.2 Å². The molecule has 2 aliphatic rings. The van der Waals surface area contributed by atoms with Gasteiger partial charge in [0.1, 0.15) is 13.2 Å². The van der Waals surface area contributed by atoms with Gasteiger partial charge in [-0.1, -0.05) is 0 Å². The van der Waals surface area contributed by atoms with Gasteiger partial charge in [-0.05, 0) is 50.9 Å². The van der Waals surface area contributed by atoms with E-state index in [2.05, 4.69) is 22.3 Å². The minimum absolute atomic E-state index is 0.656. The van der Waals surface area contributed by atoms with Crippen molar-refractivity contribution < 1.29 is 9.47 Å². The van der Waals surface area contributed by atoms with Crippen molar-refractivity contribution in [2.24, 2.45) is 5.92 Å². The second-order valence-electron chi connectivity index (χ2n) is 5.67. The molecule has 0 spiro atoms. The lowest BCUT2D eigenvalue weighted by atomic mass is 10.0. The quantitative estimate of drug-likeness (QED) is 0.837. The lowest BCUT2D eigenvalue weighted by Gasteiger charge is -2.23. The first-order chi connectivity index (χ1) is 9.86. The van der Waals surface area contributed by atoms with Crippen molar-refractivity contribution in [2.75, 3.05) is 44.8 Å². The standard InChI is InChI=1S/C16H24N2O2/c1-17-7-2-3-13-6-8-18(12-13)14-4-5-15-16(11-14)20-10-9-19-15/h4-5,11,13,17H,2-3,6-10,12H2,1H3. The molecule has 0 aromatic heterocycles. The summed E-state index contributed by atoms with van der Waals surface area (Å²) in [5.41, 5.74) is 1.27. The first-order valence-corrected chi connectivity index (χ1v) is 7.66. The molecule has 1 aromatic rings. The van der Waals surface area contributed by atoms with E-state index >= 15 is 0 Å². The summed E-state index contributed by atoms with van der Waals surface area (Å²) >= 11 is 0. The molecule has 0 amide bonds. The van der Waals surface area contributed by atoms with Crippen molar-refractivity contribution in [3.8, 4) is 11.5 Å². The van der Waals surface area contributed by atoms with Crippen LogP contribution < -0.4 is 19.7 Å². The molecular weight excluding hydrogens is 252 g/mol. The third-order valence-electron chi connectivity index (χ3n) is 4.22. The number of hydrogen-bond donors (Lipinski definition) is 1. The normalized spacial score (nSPS) is 21.2. The third kappa shape index (κ3) is 3.01. The van der Waals surface area contributed by atoms with Crippen LogP contribution in [0.1, 0.15) is 19.3 Å². The molecule has 0 saturated carbocycles. The van der Waals surface area contributed by atoms with Gasteiger partial charge in [0, 0.05) is 24.8 Å². The predicted molar refractivity (Wildman–Crippen MR) is 80.9 cm³/mol. The Morgan fingerprint density at radius 3 is 2.95 bits per heavy atom. The highest BCUT2D eigenvalue weighted by atomic mass is 16.6. The fraction of sp³-hybridized carbons (Fsp3) is 0.625. The summed E-state index contributed by atoms with van der Waals surface area (Å²) in [6.07, 6.45) is 3.90. The summed E-state index contributed by atoms with van der Waals surface area (Å²) in [6.45, 7) is 4.76. The average molecular weight is 276 g/mol. The summed E-state index contributed by atoms with van der Waals surface area (Å²) < 4.78 is 11.2. The highest BCUT2D eigenvalue weighted by Crippen LogP contribution is 2.36. The van der Waals surface area contributed by atoms with Crippen LogP contribution in [0.2, 0.25) is 0 Å². The Balaban J connectivity index is 1.60. The Hall–Kier alpha value is -1.42. The molecule has 0 aliphatic carbocycles. The molecule has 1 N–H and O–H groups in total. The summed E-state index contributed by atoms with van der Waals surface area (Å²) in [5.74, 6) is 2.61. The molecule has 110 valence electrons. The highest BCUT2D eigenvalue weighted by Gasteiger charge is 2.23. The third-order valence-corrected chi connectivity index (χ3v) is 4.22. The molecule has 0 bridgehead atoms. The van der Waals surface area contributed by atoms with Gasteiger partial charge in [-0.15, -0.1) is 0 Å². The molecule has 2 aliphatic heterocycles. The van der Waals surface area contributed by atoms with Crippen LogP contribution in [0.4, 0.5) is 5.69 Å². The number of ether oxygens (including phenoxy) is 2. The predicted octanol–water partition coefficient (Wildman–Crippen LogP) is 2.28. The monoisotopic (exact) mass is 276 g/mol. The number of nitrogens with zero attached hydrogens (tertiary/aromatic N) is 1. The number of anilines is 1. The van der Waals surface area contributed by atoms with Gasteiger partial charge in [-0.25, -0.2) is 0 Å². The van der Waals surface area contributed by atoms with E-state index < -0.39 is 0 Å². The van der Waals surface area contributed by atoms with E-state index in [1.807, 2.05) is 13.1 Å². The highest BCUT2D eigenvalue weighted by molar-refractivity contribution is 5.57. The zero-order valence-electron chi connectivity index (χ0n) is 12.2. The second kappa shape index (κ2) is 6.35. The van der Waals surface area contributed by atoms with E-state index in [0.717, 1.165) is 30.5 Å². The molecule has 1 fully saturated rings. The molecule has 1 aromatic carbocycles. The number of fused-ring (bicyclic) bond motifs is 1. The lowest BCUT2D eigenvalue weighted by Crippen LogP contribution is -2.21. The van der Waals surface area contributed by atoms with Crippen molar-refractivity contribution in [3.63, 3.8) is 0 Å². The van der Waals surface area contributed by atoms with Crippen LogP contribution in [-0.4, -0.2) is 39.9 Å². The van der Waals surface area contributed by atoms with Gasteiger partial charge in [0.25, 0.3) is 0 Å². The summed E-state index contributed by atoms with van der Waals surface area (Å²) in [7, 11) is 2.02. The van der Waals surface area contributed by atoms with Crippen molar-refractivity contribution >= 4 is 5.69 Å². The van der Waals surface area contributed by atoms with E-state index in [4.69, 9.17) is 9.47 Å². The van der Waals surface area contributed by atoms with Crippen LogP contribution in [0.5, 0.6) is 11.5 Å². The van der Waals surface area contributed by atoms with Gasteiger partial charge < -0.3 is 19.7 Å². The largest absolute Gasteiger partial charge is 0.486 e. The summed E-state index contributed by atoms with van der Waals surface area (Å²) in [5, 5.41) is 3.22. The topological polar surface area (TPSA) is 33.7 Å². The van der Waals surface area contributed by atoms with Gasteiger partial charge in [0.2, 0.25) is 0 Å². The number of benzene rings is 1. The van der Waals surface area contributed by atoms with E-state index in [1.165, 1.54) is 31.5 Å². The Bertz CT molecular complexity index is 450. The smallest absolute Gasteiger partial charge is 0.163 e. The summed E-state index contributed by atoms with van der Waals surface area (Å²) in [6, 6.07) is 6.33. The van der Waals surface area contributed by atoms with Gasteiger partial charge in [0.15, 0.2) is 11.5 Å². The fourth-order valence-electron chi connectivity index (χ4n) is 3.10. The average Bonchev–Trinajstić information content (AvgIpc) is 2.96. The SMILES string of the molecule is CNCCCC1CCN(c2ccc3c(c2)OCCO3)C1. The van der Waals surface area contributed by atoms with Crippen LogP contribution in [-0.2, 0) is 0 Å². The Morgan fingerprint density at radius 2 is 2.10 bits per heavy atom. The van der Waals surface area contributed by atoms with Crippen molar-refractivity contribution in [1.82, 2.24) is 5.32 Å². The van der Waals surface area contributed by atoms with Gasteiger partial charge in [-0.3, -0.25) is 0 Å². The van der Waals surface area contributed by atoms with Crippen molar-refractivity contribution in [3.05, 3.63) is 18.2 Å². The number of hydrogen-bond acceptors (Lipinski definition) is 4.